The fourth-order valence-corrected chi connectivity index (χ4v) is 12.8. The molecule has 9 aromatic rings. The molecule has 4 atom stereocenters. The number of amides is 2. The van der Waals surface area contributed by atoms with Crippen molar-refractivity contribution in [3.8, 4) is 28.4 Å². The number of hydrogen-bond acceptors (Lipinski definition) is 14. The smallest absolute Gasteiger partial charge is 0.255 e. The number of ketones is 1. The molecule has 0 saturated carbocycles. The van der Waals surface area contributed by atoms with Gasteiger partial charge in [0.2, 0.25) is 20.0 Å². The molecule has 0 bridgehead atoms. The van der Waals surface area contributed by atoms with Crippen LogP contribution in [0.1, 0.15) is 73.9 Å². The van der Waals surface area contributed by atoms with Crippen LogP contribution in [0.25, 0.3) is 55.7 Å². The molecule has 24 heteroatoms. The van der Waals surface area contributed by atoms with Crippen LogP contribution in [0.5, 0.6) is 5.75 Å². The molecule has 2 aliphatic rings. The number of Topliss-reactive ketones (excluding diaryl/α,β-unsaturated/α-hetero) is 1. The highest BCUT2D eigenvalue weighted by Gasteiger charge is 2.37. The third kappa shape index (κ3) is 12.5. The first-order valence-corrected chi connectivity index (χ1v) is 31.4. The average Bonchev–Trinajstić information content (AvgIpc) is 2.78. The first-order chi connectivity index (χ1) is 41.2. The lowest BCUT2D eigenvalue weighted by atomic mass is 9.80. The van der Waals surface area contributed by atoms with Crippen molar-refractivity contribution >= 4 is 82.1 Å². The van der Waals surface area contributed by atoms with E-state index in [1.807, 2.05) is 19.0 Å². The van der Waals surface area contributed by atoms with E-state index in [2.05, 4.69) is 20.5 Å². The number of carbonyl (C=O) groups excluding carboxylic acids is 3. The Morgan fingerprint density at radius 2 is 1.07 bits per heavy atom. The minimum atomic E-state index is -3.74. The van der Waals surface area contributed by atoms with Gasteiger partial charge in [0.15, 0.2) is 17.3 Å². The molecule has 11 rings (SSSR count). The monoisotopic (exact) mass is 1230 g/mol. The summed E-state index contributed by atoms with van der Waals surface area (Å²) in [6.07, 6.45) is 2.76. The summed E-state index contributed by atoms with van der Waals surface area (Å²) in [5.41, 5.74) is 4.44. The molecule has 2 saturated heterocycles. The lowest BCUT2D eigenvalue weighted by Gasteiger charge is -2.37. The number of aromatic hydroxyl groups is 1. The maximum absolute atomic E-state index is 14.4. The Balaban J connectivity index is 0.000000193. The highest BCUT2D eigenvalue weighted by Crippen LogP contribution is 2.46. The third-order valence-electron chi connectivity index (χ3n) is 16.3. The second-order valence-corrected chi connectivity index (χ2v) is 26.3. The molecule has 2 aliphatic heterocycles. The molecule has 87 heavy (non-hydrogen) atoms. The van der Waals surface area contributed by atoms with Crippen molar-refractivity contribution in [3.63, 3.8) is 0 Å². The second kappa shape index (κ2) is 24.3. The molecule has 3 N–H and O–H groups in total. The van der Waals surface area contributed by atoms with Gasteiger partial charge in [-0.15, -0.1) is 0 Å². The number of anilines is 2. The van der Waals surface area contributed by atoms with Gasteiger partial charge in [0.05, 0.1) is 35.0 Å². The molecule has 2 amide bonds. The molecule has 0 radical (unpaired) electrons. The molecule has 18 nitrogen and oxygen atoms in total. The number of sulfonamides is 2. The quantitative estimate of drug-likeness (QED) is 0.0861. The first kappa shape index (κ1) is 61.5. The maximum atomic E-state index is 14.4. The van der Waals surface area contributed by atoms with Crippen LogP contribution in [0, 0.1) is 29.2 Å². The summed E-state index contributed by atoms with van der Waals surface area (Å²) in [6.45, 7) is 2.06. The second-order valence-electron chi connectivity index (χ2n) is 22.3. The largest absolute Gasteiger partial charge is 0.508 e. The summed E-state index contributed by atoms with van der Waals surface area (Å²) in [7, 11) is 2.23. The molecule has 456 valence electrons. The number of para-hydroxylation sites is 1. The third-order valence-corrected chi connectivity index (χ3v) is 18.6. The summed E-state index contributed by atoms with van der Waals surface area (Å²) < 4.78 is 128. The van der Waals surface area contributed by atoms with E-state index in [1.165, 1.54) is 105 Å². The molecular formula is C63H63F4N7O11S2. The number of benzene rings is 6. The molecule has 0 aliphatic carbocycles. The number of likely N-dealkylation sites (N-methyl/N-ethyl adjacent to an activating group) is 2. The Morgan fingerprint density at radius 3 is 1.54 bits per heavy atom. The Morgan fingerprint density at radius 1 is 0.609 bits per heavy atom. The number of furan rings is 2. The number of oxazole rings is 1. The molecule has 2 fully saturated rings. The van der Waals surface area contributed by atoms with E-state index in [0.29, 0.717) is 100 Å². The topological polar surface area (TPSA) is 229 Å². The molecule has 6 aromatic carbocycles. The fourth-order valence-electron chi connectivity index (χ4n) is 11.8. The number of fused-ring (bicyclic) bond motifs is 3. The van der Waals surface area contributed by atoms with Crippen LogP contribution in [0.2, 0.25) is 0 Å². The first-order valence-electron chi connectivity index (χ1n) is 27.7. The van der Waals surface area contributed by atoms with Gasteiger partial charge >= 0.3 is 0 Å². The van der Waals surface area contributed by atoms with Gasteiger partial charge in [-0.3, -0.25) is 23.0 Å². The molecule has 3 aromatic heterocycles. The predicted octanol–water partition coefficient (Wildman–Crippen LogP) is 10.2. The van der Waals surface area contributed by atoms with Crippen LogP contribution in [0.4, 0.5) is 28.9 Å². The normalized spacial score (nSPS) is 17.7. The van der Waals surface area contributed by atoms with Crippen molar-refractivity contribution in [2.45, 2.75) is 37.0 Å². The predicted molar refractivity (Wildman–Crippen MR) is 323 cm³/mol. The van der Waals surface area contributed by atoms with Crippen molar-refractivity contribution in [3.05, 3.63) is 166 Å². The van der Waals surface area contributed by atoms with Crippen LogP contribution in [-0.4, -0.2) is 135 Å². The number of carbonyl (C=O) groups is 3. The summed E-state index contributed by atoms with van der Waals surface area (Å²) in [4.78, 5) is 48.3. The number of phenolic OH excluding ortho intramolecular Hbond substituents is 1. The van der Waals surface area contributed by atoms with Crippen molar-refractivity contribution < 1.29 is 67.1 Å². The van der Waals surface area contributed by atoms with E-state index in [1.54, 1.807) is 36.4 Å². The van der Waals surface area contributed by atoms with E-state index in [-0.39, 0.29) is 75.0 Å². The zero-order valence-electron chi connectivity index (χ0n) is 48.7. The summed E-state index contributed by atoms with van der Waals surface area (Å²) >= 11 is 0. The van der Waals surface area contributed by atoms with Crippen LogP contribution < -0.4 is 19.2 Å². The standard InChI is InChI=1S/C32H33F2N3O6S.C31H30F2N4O5S/c1-35-32(40)30-24-13-22(19-12-20(17-36(2)16-19)28(39)14-23-25(34)6-5-7-27(23)38)26(37(3)44(4,41)42)15-29(24)43-31(30)18-8-10-21(33)11-9-18;1-34-30(38)27-22-13-21(18-12-19(16-36(2)15-18)31-35-28-23(33)6-5-7-25(28)42-31)24(37(3)43(4,39)40)14-26(22)41-29(27)17-8-10-20(32)11-9-17/h5-11,13,15,19-20,38H,12,14,16-17H2,1-4H3,(H,35,40);5-11,13-14,18-19H,12,15-16H2,1-4H3,(H,34,38). The number of piperidine rings is 2. The zero-order chi connectivity index (χ0) is 62.6. The van der Waals surface area contributed by atoms with E-state index < -0.39 is 61.0 Å². The van der Waals surface area contributed by atoms with Crippen LogP contribution >= 0.6 is 0 Å². The number of nitrogens with one attached hydrogen (secondary N) is 2. The molecule has 0 spiro atoms. The van der Waals surface area contributed by atoms with Crippen molar-refractivity contribution in [2.75, 3.05) is 89.6 Å². The minimum absolute atomic E-state index is 0.0665. The number of halogens is 4. The van der Waals surface area contributed by atoms with Gasteiger partial charge in [-0.25, -0.2) is 39.4 Å². The van der Waals surface area contributed by atoms with Gasteiger partial charge in [-0.05, 0) is 135 Å². The number of likely N-dealkylation sites (tertiary alicyclic amines) is 2. The van der Waals surface area contributed by atoms with Gasteiger partial charge in [0.25, 0.3) is 11.8 Å². The van der Waals surface area contributed by atoms with Gasteiger partial charge in [0, 0.05) is 112 Å². The number of hydrogen-bond donors (Lipinski definition) is 3. The van der Waals surface area contributed by atoms with Crippen molar-refractivity contribution in [2.24, 2.45) is 5.92 Å². The van der Waals surface area contributed by atoms with Crippen molar-refractivity contribution in [1.82, 2.24) is 25.4 Å². The molecule has 5 heterocycles. The summed E-state index contributed by atoms with van der Waals surface area (Å²) in [6, 6.07) is 26.3. The van der Waals surface area contributed by atoms with E-state index >= 15 is 0 Å². The van der Waals surface area contributed by atoms with E-state index in [0.717, 1.165) is 16.8 Å². The number of rotatable bonds is 14. The zero-order valence-corrected chi connectivity index (χ0v) is 50.4. The Labute approximate surface area is 499 Å². The average molecular weight is 1230 g/mol. The van der Waals surface area contributed by atoms with Gasteiger partial charge in [-0.2, -0.15) is 0 Å². The lowest BCUT2D eigenvalue weighted by Crippen LogP contribution is -2.41. The maximum Gasteiger partial charge on any atom is 0.255 e. The summed E-state index contributed by atoms with van der Waals surface area (Å²) in [5.74, 6) is -3.89. The number of phenols is 1. The Bertz CT molecular complexity index is 4360. The highest BCUT2D eigenvalue weighted by atomic mass is 32.2. The number of aromatic nitrogens is 1. The van der Waals surface area contributed by atoms with Crippen LogP contribution in [0.15, 0.2) is 122 Å². The lowest BCUT2D eigenvalue weighted by molar-refractivity contribution is -0.124. The molecule has 4 unspecified atom stereocenters. The number of nitrogens with zero attached hydrogens (tertiary/aromatic N) is 5. The van der Waals surface area contributed by atoms with Gasteiger partial charge < -0.3 is 38.8 Å². The Kier molecular flexibility index (Phi) is 17.2. The van der Waals surface area contributed by atoms with Crippen LogP contribution in [0.3, 0.4) is 0 Å². The van der Waals surface area contributed by atoms with Gasteiger partial charge in [-0.1, -0.05) is 12.1 Å². The molecular weight excluding hydrogens is 1170 g/mol. The van der Waals surface area contributed by atoms with E-state index in [9.17, 15) is 53.9 Å². The highest BCUT2D eigenvalue weighted by molar-refractivity contribution is 7.92. The van der Waals surface area contributed by atoms with Gasteiger partial charge in [0.1, 0.15) is 57.2 Å². The van der Waals surface area contributed by atoms with Crippen molar-refractivity contribution in [1.29, 1.82) is 0 Å². The Hall–Kier alpha value is -8.58. The van der Waals surface area contributed by atoms with E-state index in [4.69, 9.17) is 13.3 Å². The minimum Gasteiger partial charge on any atom is -0.508 e. The fraction of sp³-hybridized carbons (Fsp3) is 0.302. The van der Waals surface area contributed by atoms with Crippen LogP contribution in [-0.2, 0) is 31.3 Å². The summed E-state index contributed by atoms with van der Waals surface area (Å²) in [5, 5.41) is 16.4. The SMILES string of the molecule is CNC(=O)c1c(-c2ccc(F)cc2)oc2cc(N(C)S(C)(=O)=O)c(C3CC(C(=O)Cc4c(O)cccc4F)CN(C)C3)cc12.CNC(=O)c1c(-c2ccc(F)cc2)oc2cc(N(C)S(C)(=O)=O)c(C3CC(c4nc5c(F)cccc5o4)CN(C)C3)cc12.